The van der Waals surface area contributed by atoms with Crippen molar-refractivity contribution in [2.45, 2.75) is 71.1 Å². The summed E-state index contributed by atoms with van der Waals surface area (Å²) in [4.78, 5) is 37.2. The van der Waals surface area contributed by atoms with Crippen molar-refractivity contribution in [1.29, 1.82) is 0 Å². The molecule has 0 spiro atoms. The maximum absolute atomic E-state index is 13.0. The third-order valence-electron chi connectivity index (χ3n) is 3.35. The summed E-state index contributed by atoms with van der Waals surface area (Å²) in [6.07, 6.45) is -1.22. The lowest BCUT2D eigenvalue weighted by atomic mass is 9.87. The van der Waals surface area contributed by atoms with Crippen LogP contribution in [0, 0.1) is 0 Å². The van der Waals surface area contributed by atoms with Crippen LogP contribution in [0.2, 0.25) is 0 Å². The Morgan fingerprint density at radius 2 is 1.44 bits per heavy atom. The van der Waals surface area contributed by atoms with Gasteiger partial charge in [-0.3, -0.25) is 4.79 Å². The summed E-state index contributed by atoms with van der Waals surface area (Å²) in [5, 5.41) is 2.55. The van der Waals surface area contributed by atoms with Crippen LogP contribution >= 0.6 is 0 Å². The minimum absolute atomic E-state index is 0.0327. The van der Waals surface area contributed by atoms with Crippen LogP contribution in [0.25, 0.3) is 0 Å². The molecule has 1 aromatic rings. The van der Waals surface area contributed by atoms with Gasteiger partial charge in [-0.2, -0.15) is 0 Å². The van der Waals surface area contributed by atoms with Crippen molar-refractivity contribution in [2.75, 3.05) is 0 Å². The molecule has 1 rings (SSSR count). The molecule has 0 aliphatic carbocycles. The number of primary amides is 1. The Kier molecular flexibility index (Phi) is 7.00. The number of nitrogens with one attached hydrogen (secondary N) is 1. The van der Waals surface area contributed by atoms with E-state index in [0.29, 0.717) is 0 Å². The highest BCUT2D eigenvalue weighted by atomic mass is 16.6. The van der Waals surface area contributed by atoms with Crippen molar-refractivity contribution in [3.05, 3.63) is 35.9 Å². The van der Waals surface area contributed by atoms with E-state index in [1.165, 1.54) is 0 Å². The summed E-state index contributed by atoms with van der Waals surface area (Å²) in [7, 11) is 0. The van der Waals surface area contributed by atoms with Crippen LogP contribution in [0.3, 0.4) is 0 Å². The minimum atomic E-state index is -1.68. The van der Waals surface area contributed by atoms with Crippen molar-refractivity contribution in [2.24, 2.45) is 5.73 Å². The van der Waals surface area contributed by atoms with Gasteiger partial charge in [0.2, 0.25) is 5.91 Å². The van der Waals surface area contributed by atoms with Gasteiger partial charge in [0.15, 0.2) is 5.54 Å². The molecule has 0 heterocycles. The highest BCUT2D eigenvalue weighted by Gasteiger charge is 2.45. The number of esters is 1. The van der Waals surface area contributed by atoms with Crippen LogP contribution in [0.5, 0.6) is 0 Å². The second kappa shape index (κ2) is 8.41. The van der Waals surface area contributed by atoms with Crippen molar-refractivity contribution in [3.63, 3.8) is 0 Å². The first-order valence-corrected chi connectivity index (χ1v) is 8.79. The Morgan fingerprint density at radius 1 is 0.926 bits per heavy atom. The summed E-state index contributed by atoms with van der Waals surface area (Å²) in [5.74, 6) is -1.49. The molecule has 0 aliphatic rings. The molecule has 0 saturated heterocycles. The van der Waals surface area contributed by atoms with Gasteiger partial charge in [0.25, 0.3) is 0 Å². The molecule has 7 heteroatoms. The van der Waals surface area contributed by atoms with Crippen LogP contribution in [0.1, 0.15) is 53.5 Å². The lowest BCUT2D eigenvalue weighted by Gasteiger charge is -2.35. The minimum Gasteiger partial charge on any atom is -0.458 e. The molecular formula is C20H30N2O5. The van der Waals surface area contributed by atoms with Crippen molar-refractivity contribution < 1.29 is 23.9 Å². The van der Waals surface area contributed by atoms with E-state index in [1.807, 2.05) is 6.07 Å². The number of hydrogen-bond donors (Lipinski definition) is 2. The van der Waals surface area contributed by atoms with Crippen molar-refractivity contribution >= 4 is 18.0 Å². The predicted molar refractivity (Wildman–Crippen MR) is 102 cm³/mol. The van der Waals surface area contributed by atoms with Gasteiger partial charge in [-0.15, -0.1) is 0 Å². The zero-order chi connectivity index (χ0) is 20.9. The fourth-order valence-corrected chi connectivity index (χ4v) is 2.46. The zero-order valence-electron chi connectivity index (χ0n) is 16.9. The van der Waals surface area contributed by atoms with E-state index >= 15 is 0 Å². The molecule has 1 aromatic carbocycles. The van der Waals surface area contributed by atoms with Gasteiger partial charge in [0, 0.05) is 6.42 Å². The smallest absolute Gasteiger partial charge is 0.408 e. The Labute approximate surface area is 160 Å². The maximum atomic E-state index is 13.0. The van der Waals surface area contributed by atoms with Gasteiger partial charge in [-0.05, 0) is 47.1 Å². The monoisotopic (exact) mass is 378 g/mol. The van der Waals surface area contributed by atoms with Crippen LogP contribution in [0.4, 0.5) is 4.79 Å². The summed E-state index contributed by atoms with van der Waals surface area (Å²) in [6, 6.07) is 9.00. The maximum Gasteiger partial charge on any atom is 0.408 e. The summed E-state index contributed by atoms with van der Waals surface area (Å²) >= 11 is 0. The highest BCUT2D eigenvalue weighted by Crippen LogP contribution is 2.24. The van der Waals surface area contributed by atoms with Gasteiger partial charge in [-0.1, -0.05) is 30.3 Å². The predicted octanol–water partition coefficient (Wildman–Crippen LogP) is 2.71. The molecule has 150 valence electrons. The van der Waals surface area contributed by atoms with Gasteiger partial charge < -0.3 is 20.5 Å². The number of hydrogen-bond acceptors (Lipinski definition) is 5. The van der Waals surface area contributed by atoms with E-state index in [0.717, 1.165) is 5.56 Å². The van der Waals surface area contributed by atoms with Crippen molar-refractivity contribution in [1.82, 2.24) is 5.32 Å². The average Bonchev–Trinajstić information content (AvgIpc) is 2.43. The standard InChI is InChI=1S/C20H30N2O5/c1-18(2,3)26-16(24)20(13-15(21)23,12-14-10-8-7-9-11-14)22-17(25)27-19(4,5)6/h7-11H,12-13H2,1-6H3,(H2,21,23)(H,22,25). The van der Waals surface area contributed by atoms with Crippen LogP contribution in [0.15, 0.2) is 30.3 Å². The number of benzene rings is 1. The fourth-order valence-electron chi connectivity index (χ4n) is 2.46. The summed E-state index contributed by atoms with van der Waals surface area (Å²) < 4.78 is 10.8. The van der Waals surface area contributed by atoms with Gasteiger partial charge >= 0.3 is 12.1 Å². The third kappa shape index (κ3) is 8.11. The Hall–Kier alpha value is -2.57. The zero-order valence-corrected chi connectivity index (χ0v) is 16.9. The molecule has 0 fully saturated rings. The molecule has 0 bridgehead atoms. The lowest BCUT2D eigenvalue weighted by Crippen LogP contribution is -2.60. The van der Waals surface area contributed by atoms with E-state index < -0.39 is 41.1 Å². The molecule has 1 unspecified atom stereocenters. The number of carbonyl (C=O) groups is 3. The molecule has 3 N–H and O–H groups in total. The van der Waals surface area contributed by atoms with Gasteiger partial charge in [0.1, 0.15) is 11.2 Å². The topological polar surface area (TPSA) is 108 Å². The first kappa shape index (κ1) is 22.5. The van der Waals surface area contributed by atoms with Crippen LogP contribution in [-0.4, -0.2) is 34.7 Å². The Morgan fingerprint density at radius 3 is 1.89 bits per heavy atom. The van der Waals surface area contributed by atoms with Gasteiger partial charge in [-0.25, -0.2) is 9.59 Å². The quantitative estimate of drug-likeness (QED) is 0.740. The number of ether oxygens (including phenoxy) is 2. The van der Waals surface area contributed by atoms with E-state index in [9.17, 15) is 14.4 Å². The second-order valence-electron chi connectivity index (χ2n) is 8.52. The Bertz CT molecular complexity index is 674. The highest BCUT2D eigenvalue weighted by molar-refractivity contribution is 5.92. The summed E-state index contributed by atoms with van der Waals surface area (Å²) in [6.45, 7) is 10.2. The molecule has 0 saturated carbocycles. The third-order valence-corrected chi connectivity index (χ3v) is 3.35. The molecule has 0 aliphatic heterocycles. The molecule has 7 nitrogen and oxygen atoms in total. The molecule has 2 amide bonds. The van der Waals surface area contributed by atoms with E-state index in [2.05, 4.69) is 5.32 Å². The van der Waals surface area contributed by atoms with E-state index in [1.54, 1.807) is 65.8 Å². The van der Waals surface area contributed by atoms with Crippen LogP contribution in [-0.2, 0) is 25.5 Å². The number of rotatable bonds is 6. The number of carbonyl (C=O) groups excluding carboxylic acids is 3. The largest absolute Gasteiger partial charge is 0.458 e. The first-order chi connectivity index (χ1) is 12.2. The molecule has 0 radical (unpaired) electrons. The average molecular weight is 378 g/mol. The second-order valence-corrected chi connectivity index (χ2v) is 8.52. The number of nitrogens with two attached hydrogens (primary N) is 1. The van der Waals surface area contributed by atoms with Crippen LogP contribution < -0.4 is 11.1 Å². The van der Waals surface area contributed by atoms with Gasteiger partial charge in [0.05, 0.1) is 6.42 Å². The van der Waals surface area contributed by atoms with E-state index in [4.69, 9.17) is 15.2 Å². The molecule has 27 heavy (non-hydrogen) atoms. The van der Waals surface area contributed by atoms with Crippen molar-refractivity contribution in [3.8, 4) is 0 Å². The Balaban J connectivity index is 3.31. The lowest BCUT2D eigenvalue weighted by molar-refractivity contribution is -0.164. The summed E-state index contributed by atoms with van der Waals surface area (Å²) in [5.41, 5.74) is 2.87. The number of alkyl carbamates (subject to hydrolysis) is 1. The molecular weight excluding hydrogens is 348 g/mol. The number of amides is 2. The SMILES string of the molecule is CC(C)(C)OC(=O)NC(CC(N)=O)(Cc1ccccc1)C(=O)OC(C)(C)C. The first-order valence-electron chi connectivity index (χ1n) is 8.79. The fraction of sp³-hybridized carbons (Fsp3) is 0.550. The molecule has 0 aromatic heterocycles. The van der Waals surface area contributed by atoms with E-state index in [-0.39, 0.29) is 6.42 Å². The molecule has 1 atom stereocenters. The normalized spacial score (nSPS) is 14.0.